The minimum absolute atomic E-state index is 0.0113. The van der Waals surface area contributed by atoms with Gasteiger partial charge in [-0.15, -0.1) is 0 Å². The number of ether oxygens (including phenoxy) is 1. The van der Waals surface area contributed by atoms with Crippen LogP contribution >= 0.6 is 0 Å². The minimum Gasteiger partial charge on any atom is -0.507 e. The van der Waals surface area contributed by atoms with Crippen molar-refractivity contribution in [1.82, 2.24) is 0 Å². The lowest BCUT2D eigenvalue weighted by molar-refractivity contribution is 0.00405. The zero-order chi connectivity index (χ0) is 19.1. The highest BCUT2D eigenvalue weighted by Crippen LogP contribution is 2.59. The number of phenols is 2. The van der Waals surface area contributed by atoms with Crippen LogP contribution in [-0.4, -0.2) is 28.9 Å². The van der Waals surface area contributed by atoms with E-state index in [9.17, 15) is 19.8 Å². The van der Waals surface area contributed by atoms with Gasteiger partial charge in [0.1, 0.15) is 17.1 Å². The zero-order valence-electron chi connectivity index (χ0n) is 15.4. The topological polar surface area (TPSA) is 83.8 Å². The van der Waals surface area contributed by atoms with Gasteiger partial charge in [0.05, 0.1) is 11.1 Å². The fourth-order valence-corrected chi connectivity index (χ4v) is 5.55. The number of allylic oxidation sites excluding steroid dienone is 3. The number of phenolic OH excluding ortho intramolecular Hbond substituents is 2. The third-order valence-corrected chi connectivity index (χ3v) is 6.98. The van der Waals surface area contributed by atoms with Crippen molar-refractivity contribution in [3.05, 3.63) is 46.1 Å². The van der Waals surface area contributed by atoms with E-state index >= 15 is 0 Å². The van der Waals surface area contributed by atoms with Crippen molar-refractivity contribution < 1.29 is 24.5 Å². The predicted octanol–water partition coefficient (Wildman–Crippen LogP) is 3.74. The summed E-state index contributed by atoms with van der Waals surface area (Å²) in [5.74, 6) is -1.80. The maximum atomic E-state index is 13.3. The molecule has 5 aliphatic rings. The van der Waals surface area contributed by atoms with Crippen molar-refractivity contribution >= 4 is 11.6 Å². The number of rotatable bonds is 1. The standard InChI is InChI=1S/C22H22O5/c1-10-3-4-12-13(9-10)19(24)15-16(18(12)23)21(26)17-14(20(15)25)11-5-7-22(17,27-2)8-6-11/h3,5,7,11-13,25-26H,4,6,8-9H2,1-2H3. The predicted molar refractivity (Wildman–Crippen MR) is 98.2 cm³/mol. The van der Waals surface area contributed by atoms with Crippen molar-refractivity contribution in [3.8, 4) is 11.5 Å². The molecule has 0 spiro atoms. The molecule has 0 aliphatic heterocycles. The molecule has 1 aromatic carbocycles. The smallest absolute Gasteiger partial charge is 0.171 e. The van der Waals surface area contributed by atoms with Crippen LogP contribution in [0.15, 0.2) is 23.8 Å². The van der Waals surface area contributed by atoms with Gasteiger partial charge in [0.15, 0.2) is 11.6 Å². The fraction of sp³-hybridized carbons (Fsp3) is 0.455. The normalized spacial score (nSPS) is 33.4. The fourth-order valence-electron chi connectivity index (χ4n) is 5.55. The van der Waals surface area contributed by atoms with Gasteiger partial charge < -0.3 is 14.9 Å². The number of hydrogen-bond acceptors (Lipinski definition) is 5. The SMILES string of the molecule is COC12C=CC(CC1)c1c(O)c3c(c(O)c12)C(=O)C1CC=C(C)CC1C3=O. The van der Waals surface area contributed by atoms with E-state index in [-0.39, 0.29) is 40.1 Å². The van der Waals surface area contributed by atoms with Crippen LogP contribution in [0.4, 0.5) is 0 Å². The Morgan fingerprint density at radius 3 is 2.48 bits per heavy atom. The Labute approximate surface area is 157 Å². The summed E-state index contributed by atoms with van der Waals surface area (Å²) in [4.78, 5) is 26.5. The molecule has 2 N–H and O–H groups in total. The molecule has 2 bridgehead atoms. The lowest BCUT2D eigenvalue weighted by Crippen LogP contribution is -2.41. The molecular formula is C22H22O5. The summed E-state index contributed by atoms with van der Waals surface area (Å²) in [7, 11) is 1.56. The van der Waals surface area contributed by atoms with Gasteiger partial charge in [-0.05, 0) is 32.6 Å². The molecule has 27 heavy (non-hydrogen) atoms. The Kier molecular flexibility index (Phi) is 3.30. The lowest BCUT2D eigenvalue weighted by Gasteiger charge is -2.45. The van der Waals surface area contributed by atoms with E-state index in [1.54, 1.807) is 7.11 Å². The van der Waals surface area contributed by atoms with Crippen LogP contribution in [0, 0.1) is 11.8 Å². The first kappa shape index (κ1) is 16.8. The number of benzene rings is 1. The summed E-state index contributed by atoms with van der Waals surface area (Å²) in [6.07, 6.45) is 8.31. The average Bonchev–Trinajstić information content (AvgIpc) is 2.69. The molecule has 1 aromatic rings. The van der Waals surface area contributed by atoms with Gasteiger partial charge >= 0.3 is 0 Å². The number of carbonyl (C=O) groups is 2. The van der Waals surface area contributed by atoms with Crippen molar-refractivity contribution in [3.63, 3.8) is 0 Å². The van der Waals surface area contributed by atoms with E-state index in [1.807, 2.05) is 25.2 Å². The van der Waals surface area contributed by atoms with Crippen molar-refractivity contribution in [2.24, 2.45) is 11.8 Å². The molecule has 6 rings (SSSR count). The third-order valence-electron chi connectivity index (χ3n) is 6.98. The number of ketones is 2. The molecule has 0 saturated heterocycles. The van der Waals surface area contributed by atoms with E-state index in [4.69, 9.17) is 4.74 Å². The molecule has 140 valence electrons. The van der Waals surface area contributed by atoms with E-state index in [1.165, 1.54) is 0 Å². The lowest BCUT2D eigenvalue weighted by atomic mass is 9.62. The maximum Gasteiger partial charge on any atom is 0.171 e. The Balaban J connectivity index is 1.81. The van der Waals surface area contributed by atoms with E-state index in [0.29, 0.717) is 30.4 Å². The van der Waals surface area contributed by atoms with Gasteiger partial charge in [0.2, 0.25) is 0 Å². The Morgan fingerprint density at radius 2 is 1.81 bits per heavy atom. The second kappa shape index (κ2) is 5.32. The molecule has 5 nitrogen and oxygen atoms in total. The second-order valence-corrected chi connectivity index (χ2v) is 8.27. The minimum atomic E-state index is -0.857. The Hall–Kier alpha value is -2.40. The summed E-state index contributed by atoms with van der Waals surface area (Å²) >= 11 is 0. The molecule has 0 heterocycles. The maximum absolute atomic E-state index is 13.3. The molecule has 5 heteroatoms. The molecule has 0 fully saturated rings. The molecular weight excluding hydrogens is 344 g/mol. The number of methoxy groups -OCH3 is 1. The number of hydrogen-bond donors (Lipinski definition) is 2. The van der Waals surface area contributed by atoms with Crippen LogP contribution in [0.1, 0.15) is 70.4 Å². The second-order valence-electron chi connectivity index (χ2n) is 8.27. The summed E-state index contributed by atoms with van der Waals surface area (Å²) < 4.78 is 5.74. The van der Waals surface area contributed by atoms with E-state index in [0.717, 1.165) is 12.0 Å². The number of aromatic hydroxyl groups is 2. The van der Waals surface area contributed by atoms with Crippen LogP contribution < -0.4 is 0 Å². The average molecular weight is 366 g/mol. The van der Waals surface area contributed by atoms with Crippen LogP contribution in [0.25, 0.3) is 0 Å². The van der Waals surface area contributed by atoms with Gasteiger partial charge in [-0.25, -0.2) is 0 Å². The number of fused-ring (bicyclic) bond motifs is 3. The quantitative estimate of drug-likeness (QED) is 0.584. The molecule has 5 aliphatic carbocycles. The number of carbonyl (C=O) groups excluding carboxylic acids is 2. The molecule has 0 aromatic heterocycles. The molecule has 0 amide bonds. The van der Waals surface area contributed by atoms with Crippen LogP contribution in [-0.2, 0) is 10.3 Å². The summed E-state index contributed by atoms with van der Waals surface area (Å²) in [5.41, 5.74) is 1.24. The highest BCUT2D eigenvalue weighted by Gasteiger charge is 2.51. The summed E-state index contributed by atoms with van der Waals surface area (Å²) in [6, 6.07) is 0. The summed E-state index contributed by atoms with van der Waals surface area (Å²) in [5, 5.41) is 22.2. The third kappa shape index (κ3) is 1.93. The van der Waals surface area contributed by atoms with Crippen LogP contribution in [0.2, 0.25) is 0 Å². The molecule has 0 saturated carbocycles. The Bertz CT molecular complexity index is 970. The molecule has 4 unspecified atom stereocenters. The van der Waals surface area contributed by atoms with Crippen molar-refractivity contribution in [2.45, 2.75) is 44.1 Å². The highest BCUT2D eigenvalue weighted by atomic mass is 16.5. The number of Topliss-reactive ketones (excluding diaryl/α,β-unsaturated/α-hetero) is 2. The van der Waals surface area contributed by atoms with Gasteiger partial charge in [-0.2, -0.15) is 0 Å². The largest absolute Gasteiger partial charge is 0.507 e. The molecule has 4 atom stereocenters. The van der Waals surface area contributed by atoms with Gasteiger partial charge in [0.25, 0.3) is 0 Å². The van der Waals surface area contributed by atoms with E-state index < -0.39 is 17.4 Å². The Morgan fingerprint density at radius 1 is 1.11 bits per heavy atom. The zero-order valence-corrected chi connectivity index (χ0v) is 15.4. The molecule has 0 radical (unpaired) electrons. The highest BCUT2D eigenvalue weighted by molar-refractivity contribution is 6.19. The first-order valence-electron chi connectivity index (χ1n) is 9.50. The first-order chi connectivity index (χ1) is 12.9. The van der Waals surface area contributed by atoms with Gasteiger partial charge in [-0.3, -0.25) is 9.59 Å². The summed E-state index contributed by atoms with van der Waals surface area (Å²) in [6.45, 7) is 1.96. The van der Waals surface area contributed by atoms with Crippen LogP contribution in [0.5, 0.6) is 11.5 Å². The monoisotopic (exact) mass is 366 g/mol. The first-order valence-corrected chi connectivity index (χ1v) is 9.50. The van der Waals surface area contributed by atoms with Gasteiger partial charge in [0, 0.05) is 36.0 Å². The van der Waals surface area contributed by atoms with E-state index in [2.05, 4.69) is 0 Å². The van der Waals surface area contributed by atoms with Crippen molar-refractivity contribution in [1.29, 1.82) is 0 Å². The van der Waals surface area contributed by atoms with Crippen LogP contribution in [0.3, 0.4) is 0 Å². The van der Waals surface area contributed by atoms with Crippen molar-refractivity contribution in [2.75, 3.05) is 7.11 Å². The van der Waals surface area contributed by atoms with Gasteiger partial charge in [-0.1, -0.05) is 23.8 Å².